The number of nitrogens with zero attached hydrogens (tertiary/aromatic N) is 2. The highest BCUT2D eigenvalue weighted by Crippen LogP contribution is 2.24. The van der Waals surface area contributed by atoms with Crippen LogP contribution < -0.4 is 16.2 Å². The number of hydrogen-bond acceptors (Lipinski definition) is 5. The van der Waals surface area contributed by atoms with Crippen molar-refractivity contribution in [3.8, 4) is 0 Å². The first-order chi connectivity index (χ1) is 11.6. The highest BCUT2D eigenvalue weighted by atomic mass is 16.1. The average molecular weight is 323 g/mol. The first-order valence-electron chi connectivity index (χ1n) is 8.07. The van der Waals surface area contributed by atoms with Gasteiger partial charge in [0.2, 0.25) is 0 Å². The summed E-state index contributed by atoms with van der Waals surface area (Å²) in [5.41, 5.74) is 1.05. The van der Waals surface area contributed by atoms with E-state index in [9.17, 15) is 4.79 Å². The van der Waals surface area contributed by atoms with Crippen molar-refractivity contribution in [2.24, 2.45) is 0 Å². The van der Waals surface area contributed by atoms with Gasteiger partial charge in [-0.05, 0) is 55.5 Å². The van der Waals surface area contributed by atoms with Gasteiger partial charge in [0.05, 0.1) is 5.39 Å². The number of hydrogen-bond donors (Lipinski definition) is 3. The number of anilines is 3. The van der Waals surface area contributed by atoms with Gasteiger partial charge >= 0.3 is 0 Å². The Bertz CT molecular complexity index is 917. The van der Waals surface area contributed by atoms with Crippen molar-refractivity contribution < 1.29 is 0 Å². The molecule has 0 saturated heterocycles. The van der Waals surface area contributed by atoms with Crippen molar-refractivity contribution in [1.29, 1.82) is 0 Å². The molecule has 124 valence electrons. The van der Waals surface area contributed by atoms with Crippen molar-refractivity contribution >= 4 is 28.2 Å². The van der Waals surface area contributed by atoms with E-state index >= 15 is 0 Å². The fourth-order valence-electron chi connectivity index (χ4n) is 2.55. The summed E-state index contributed by atoms with van der Waals surface area (Å²) in [5.74, 6) is 1.96. The first kappa shape index (κ1) is 16.0. The highest BCUT2D eigenvalue weighted by Gasteiger charge is 2.11. The standard InChI is InChI=1S/C18H21N5O/c1-4-12-5-7-19-14(9-12)22-15-10-13-6-8-20-18(24)16(13)17(23-15)21-11(2)3/h5-11H,4H2,1-3H3,(H,20,24)(H2,19,21,22,23). The molecule has 0 fully saturated rings. The Labute approximate surface area is 140 Å². The molecule has 0 spiro atoms. The predicted octanol–water partition coefficient (Wildman–Crippen LogP) is 3.44. The van der Waals surface area contributed by atoms with Crippen LogP contribution >= 0.6 is 0 Å². The molecule has 6 heteroatoms. The normalized spacial score (nSPS) is 11.0. The van der Waals surface area contributed by atoms with E-state index in [0.717, 1.165) is 17.6 Å². The molecule has 0 aromatic carbocycles. The van der Waals surface area contributed by atoms with Gasteiger partial charge in [-0.2, -0.15) is 0 Å². The van der Waals surface area contributed by atoms with Gasteiger partial charge in [-0.1, -0.05) is 6.92 Å². The molecule has 3 N–H and O–H groups in total. The maximum absolute atomic E-state index is 12.2. The van der Waals surface area contributed by atoms with E-state index in [1.807, 2.05) is 38.1 Å². The van der Waals surface area contributed by atoms with E-state index in [2.05, 4.69) is 32.5 Å². The molecule has 0 aliphatic carbocycles. The molecule has 0 amide bonds. The summed E-state index contributed by atoms with van der Waals surface area (Å²) in [6.07, 6.45) is 4.36. The molecule has 0 saturated carbocycles. The summed E-state index contributed by atoms with van der Waals surface area (Å²) >= 11 is 0. The van der Waals surface area contributed by atoms with Crippen molar-refractivity contribution in [2.75, 3.05) is 10.6 Å². The van der Waals surface area contributed by atoms with E-state index in [-0.39, 0.29) is 11.6 Å². The van der Waals surface area contributed by atoms with Gasteiger partial charge in [-0.15, -0.1) is 0 Å². The Balaban J connectivity index is 2.06. The molecule has 6 nitrogen and oxygen atoms in total. The second-order valence-corrected chi connectivity index (χ2v) is 5.95. The minimum atomic E-state index is -0.152. The third-order valence-electron chi connectivity index (χ3n) is 3.67. The highest BCUT2D eigenvalue weighted by molar-refractivity contribution is 5.93. The summed E-state index contributed by atoms with van der Waals surface area (Å²) < 4.78 is 0. The van der Waals surface area contributed by atoms with Crippen LogP contribution in [-0.2, 0) is 6.42 Å². The van der Waals surface area contributed by atoms with Gasteiger partial charge in [0.15, 0.2) is 0 Å². The van der Waals surface area contributed by atoms with Gasteiger partial charge in [-0.25, -0.2) is 9.97 Å². The fourth-order valence-corrected chi connectivity index (χ4v) is 2.55. The van der Waals surface area contributed by atoms with Gasteiger partial charge in [0.1, 0.15) is 17.5 Å². The summed E-state index contributed by atoms with van der Waals surface area (Å²) in [6.45, 7) is 6.12. The van der Waals surface area contributed by atoms with Crippen LogP contribution in [0.25, 0.3) is 10.8 Å². The second-order valence-electron chi connectivity index (χ2n) is 5.95. The maximum atomic E-state index is 12.2. The van der Waals surface area contributed by atoms with Crippen molar-refractivity contribution in [3.05, 3.63) is 52.6 Å². The van der Waals surface area contributed by atoms with Gasteiger partial charge in [-0.3, -0.25) is 4.79 Å². The van der Waals surface area contributed by atoms with E-state index in [0.29, 0.717) is 17.0 Å². The van der Waals surface area contributed by atoms with Gasteiger partial charge < -0.3 is 15.6 Å². The number of H-pyrrole nitrogens is 1. The molecule has 0 atom stereocenters. The van der Waals surface area contributed by atoms with Crippen LogP contribution in [0.2, 0.25) is 0 Å². The number of nitrogens with one attached hydrogen (secondary N) is 3. The Hall–Kier alpha value is -2.89. The molecule has 0 aliphatic heterocycles. The molecule has 3 rings (SSSR count). The van der Waals surface area contributed by atoms with E-state index < -0.39 is 0 Å². The zero-order chi connectivity index (χ0) is 17.1. The third-order valence-corrected chi connectivity index (χ3v) is 3.67. The van der Waals surface area contributed by atoms with Crippen LogP contribution in [0, 0.1) is 0 Å². The van der Waals surface area contributed by atoms with Gasteiger partial charge in [0, 0.05) is 18.4 Å². The monoisotopic (exact) mass is 323 g/mol. The summed E-state index contributed by atoms with van der Waals surface area (Å²) in [4.78, 5) is 23.8. The lowest BCUT2D eigenvalue weighted by atomic mass is 10.2. The van der Waals surface area contributed by atoms with Crippen molar-refractivity contribution in [1.82, 2.24) is 15.0 Å². The van der Waals surface area contributed by atoms with Crippen LogP contribution in [0.4, 0.5) is 17.5 Å². The SMILES string of the molecule is CCc1ccnc(Nc2cc3cc[nH]c(=O)c3c(NC(C)C)n2)c1. The van der Waals surface area contributed by atoms with E-state index in [1.54, 1.807) is 12.4 Å². The Morgan fingerprint density at radius 3 is 2.79 bits per heavy atom. The summed E-state index contributed by atoms with van der Waals surface area (Å²) in [7, 11) is 0. The van der Waals surface area contributed by atoms with Crippen LogP contribution in [0.3, 0.4) is 0 Å². The number of aryl methyl sites for hydroxylation is 1. The summed E-state index contributed by atoms with van der Waals surface area (Å²) in [6, 6.07) is 7.88. The van der Waals surface area contributed by atoms with E-state index in [4.69, 9.17) is 0 Å². The molecular weight excluding hydrogens is 302 g/mol. The minimum absolute atomic E-state index is 0.152. The average Bonchev–Trinajstić information content (AvgIpc) is 2.54. The lowest BCUT2D eigenvalue weighted by Gasteiger charge is -2.14. The van der Waals surface area contributed by atoms with Crippen LogP contribution in [-0.4, -0.2) is 21.0 Å². The minimum Gasteiger partial charge on any atom is -0.367 e. The van der Waals surface area contributed by atoms with Crippen LogP contribution in [0.1, 0.15) is 26.3 Å². The molecule has 3 aromatic heterocycles. The molecule has 0 aliphatic rings. The van der Waals surface area contributed by atoms with Crippen molar-refractivity contribution in [3.63, 3.8) is 0 Å². The number of rotatable bonds is 5. The zero-order valence-corrected chi connectivity index (χ0v) is 14.1. The smallest absolute Gasteiger partial charge is 0.259 e. The van der Waals surface area contributed by atoms with Crippen molar-refractivity contribution in [2.45, 2.75) is 33.2 Å². The summed E-state index contributed by atoms with van der Waals surface area (Å²) in [5, 5.41) is 7.86. The molecule has 0 unspecified atom stereocenters. The molecule has 0 radical (unpaired) electrons. The second kappa shape index (κ2) is 6.70. The number of aromatic nitrogens is 3. The molecule has 3 heterocycles. The maximum Gasteiger partial charge on any atom is 0.259 e. The lowest BCUT2D eigenvalue weighted by Crippen LogP contribution is -2.16. The molecule has 24 heavy (non-hydrogen) atoms. The molecule has 0 bridgehead atoms. The number of aromatic amines is 1. The van der Waals surface area contributed by atoms with Crippen LogP contribution in [0.15, 0.2) is 41.5 Å². The number of fused-ring (bicyclic) bond motifs is 1. The largest absolute Gasteiger partial charge is 0.367 e. The third kappa shape index (κ3) is 3.37. The topological polar surface area (TPSA) is 82.7 Å². The van der Waals surface area contributed by atoms with Crippen LogP contribution in [0.5, 0.6) is 0 Å². The Morgan fingerprint density at radius 1 is 1.21 bits per heavy atom. The van der Waals surface area contributed by atoms with E-state index in [1.165, 1.54) is 5.56 Å². The number of pyridine rings is 3. The quantitative estimate of drug-likeness (QED) is 0.670. The Kier molecular flexibility index (Phi) is 4.46. The van der Waals surface area contributed by atoms with Gasteiger partial charge in [0.25, 0.3) is 5.56 Å². The zero-order valence-electron chi connectivity index (χ0n) is 14.1. The molecular formula is C18H21N5O. The Morgan fingerprint density at radius 2 is 2.04 bits per heavy atom. The first-order valence-corrected chi connectivity index (χ1v) is 8.07. The lowest BCUT2D eigenvalue weighted by molar-refractivity contribution is 0.892. The fraction of sp³-hybridized carbons (Fsp3) is 0.278. The molecule has 3 aromatic rings. The predicted molar refractivity (Wildman–Crippen MR) is 98.0 cm³/mol.